The summed E-state index contributed by atoms with van der Waals surface area (Å²) in [6.07, 6.45) is 5.38. The summed E-state index contributed by atoms with van der Waals surface area (Å²) in [4.78, 5) is 73.5. The number of imide groups is 2. The van der Waals surface area contributed by atoms with Crippen molar-refractivity contribution in [2.24, 2.45) is 0 Å². The molecule has 2 N–H and O–H groups in total. The second kappa shape index (κ2) is 18.2. The lowest BCUT2D eigenvalue weighted by Crippen LogP contribution is -2.54. The highest BCUT2D eigenvalue weighted by atomic mass is 19.1. The number of halogens is 1. The van der Waals surface area contributed by atoms with Crippen molar-refractivity contribution in [3.05, 3.63) is 94.3 Å². The van der Waals surface area contributed by atoms with Crippen LogP contribution in [0.1, 0.15) is 94.7 Å². The molecule has 3 fully saturated rings. The summed E-state index contributed by atoms with van der Waals surface area (Å²) in [5.41, 5.74) is 5.36. The summed E-state index contributed by atoms with van der Waals surface area (Å²) in [5, 5.41) is 5.53. The molecule has 4 aliphatic heterocycles. The zero-order chi connectivity index (χ0) is 40.9. The number of likely N-dealkylation sites (N-methyl/N-ethyl adjacent to an activating group) is 1. The van der Waals surface area contributed by atoms with E-state index in [0.717, 1.165) is 74.3 Å². The maximum absolute atomic E-state index is 14.6. The molecule has 3 aromatic rings. The maximum atomic E-state index is 14.6. The number of anilines is 2. The van der Waals surface area contributed by atoms with Crippen LogP contribution < -0.4 is 15.5 Å². The van der Waals surface area contributed by atoms with Gasteiger partial charge in [-0.1, -0.05) is 49.6 Å². The van der Waals surface area contributed by atoms with Crippen LogP contribution in [0.2, 0.25) is 0 Å². The Hall–Kier alpha value is -5.14. The molecular formula is C45H56FN7O5. The summed E-state index contributed by atoms with van der Waals surface area (Å²) in [6.45, 7) is 8.02. The lowest BCUT2D eigenvalue weighted by molar-refractivity contribution is -0.136. The molecule has 3 aromatic carbocycles. The third-order valence-electron chi connectivity index (χ3n) is 12.4. The number of piperazine rings is 1. The molecule has 4 heterocycles. The molecule has 12 nitrogen and oxygen atoms in total. The topological polar surface area (TPSA) is 126 Å². The first-order valence-electron chi connectivity index (χ1n) is 20.8. The van der Waals surface area contributed by atoms with E-state index in [9.17, 15) is 28.4 Å². The second-order valence-corrected chi connectivity index (χ2v) is 16.4. The Bertz CT molecular complexity index is 1990. The largest absolute Gasteiger partial charge is 0.384 e. The Kier molecular flexibility index (Phi) is 12.9. The molecule has 0 saturated carbocycles. The number of hydrogen-bond donors (Lipinski definition) is 2. The molecule has 0 spiro atoms. The highest BCUT2D eigenvalue weighted by molar-refractivity contribution is 6.25. The Morgan fingerprint density at radius 2 is 1.59 bits per heavy atom. The van der Waals surface area contributed by atoms with E-state index < -0.39 is 29.7 Å². The van der Waals surface area contributed by atoms with E-state index in [-0.39, 0.29) is 35.7 Å². The zero-order valence-corrected chi connectivity index (χ0v) is 34.0. The first-order chi connectivity index (χ1) is 28.0. The molecule has 7 rings (SSSR count). The number of aryl methyl sites for hydroxylation is 1. The zero-order valence-electron chi connectivity index (χ0n) is 34.0. The van der Waals surface area contributed by atoms with Crippen molar-refractivity contribution in [3.8, 4) is 0 Å². The van der Waals surface area contributed by atoms with E-state index in [1.807, 2.05) is 17.9 Å². The monoisotopic (exact) mass is 793 g/mol. The Morgan fingerprint density at radius 1 is 0.862 bits per heavy atom. The van der Waals surface area contributed by atoms with Crippen molar-refractivity contribution in [1.29, 1.82) is 0 Å². The third kappa shape index (κ3) is 8.95. The number of carbonyl (C=O) groups excluding carboxylic acids is 5. The van der Waals surface area contributed by atoms with Crippen molar-refractivity contribution in [3.63, 3.8) is 0 Å². The first kappa shape index (κ1) is 41.0. The minimum absolute atomic E-state index is 0.0812. The van der Waals surface area contributed by atoms with Gasteiger partial charge in [-0.2, -0.15) is 0 Å². The van der Waals surface area contributed by atoms with Gasteiger partial charge in [0.1, 0.15) is 11.9 Å². The number of hydrogen-bond acceptors (Lipinski definition) is 9. The number of nitrogens with zero attached hydrogens (tertiary/aromatic N) is 5. The first-order valence-corrected chi connectivity index (χ1v) is 20.8. The number of fused-ring (bicyclic) bond motifs is 1. The lowest BCUT2D eigenvalue weighted by atomic mass is 9.93. The number of nitrogens with one attached hydrogen (secondary N) is 2. The van der Waals surface area contributed by atoms with Gasteiger partial charge in [0.25, 0.3) is 11.8 Å². The van der Waals surface area contributed by atoms with Crippen LogP contribution in [-0.2, 0) is 20.9 Å². The number of carbonyl (C=O) groups is 5. The van der Waals surface area contributed by atoms with Gasteiger partial charge in [-0.3, -0.25) is 39.1 Å². The Labute approximate surface area is 340 Å². The maximum Gasteiger partial charge on any atom is 0.264 e. The van der Waals surface area contributed by atoms with E-state index >= 15 is 0 Å². The molecule has 0 aliphatic carbocycles. The standard InChI is InChI=1S/C45H56FN7O5/c1-30-11-9-13-36(46)34(30)27-50-28-35(39(29-50)49(2)3)31-16-18-32(19-17-31)51-23-25-52(26-24-51)41(55)15-7-5-4-6-8-22-47-37-14-10-12-33-42(37)45(58)53(44(33)57)38-20-21-40(54)48-43(38)56/h9-14,16-19,35,38-39,47H,4-8,15,20-29H2,1-3H3,(H,48,54,56)/t35-,38?,39+/m1/s1. The quantitative estimate of drug-likeness (QED) is 0.159. The van der Waals surface area contributed by atoms with Crippen LogP contribution >= 0.6 is 0 Å². The minimum atomic E-state index is -0.990. The summed E-state index contributed by atoms with van der Waals surface area (Å²) in [6, 6.07) is 18.7. The number of likely N-dealkylation sites (tertiary alicyclic amines) is 1. The summed E-state index contributed by atoms with van der Waals surface area (Å²) in [5.74, 6) is -1.64. The molecule has 0 bridgehead atoms. The van der Waals surface area contributed by atoms with Gasteiger partial charge in [0.2, 0.25) is 17.7 Å². The number of rotatable bonds is 15. The van der Waals surface area contributed by atoms with Crippen LogP contribution in [0.3, 0.4) is 0 Å². The average molecular weight is 794 g/mol. The van der Waals surface area contributed by atoms with Crippen molar-refractivity contribution < 1.29 is 28.4 Å². The highest BCUT2D eigenvalue weighted by Crippen LogP contribution is 2.34. The van der Waals surface area contributed by atoms with Crippen LogP contribution in [0.4, 0.5) is 15.8 Å². The van der Waals surface area contributed by atoms with E-state index in [0.29, 0.717) is 50.2 Å². The van der Waals surface area contributed by atoms with Gasteiger partial charge in [-0.15, -0.1) is 0 Å². The number of piperidine rings is 1. The van der Waals surface area contributed by atoms with Gasteiger partial charge in [-0.05, 0) is 81.7 Å². The van der Waals surface area contributed by atoms with Gasteiger partial charge in [-0.25, -0.2) is 4.39 Å². The molecule has 0 aromatic heterocycles. The van der Waals surface area contributed by atoms with Gasteiger partial charge in [0, 0.05) is 94.1 Å². The third-order valence-corrected chi connectivity index (χ3v) is 12.4. The fourth-order valence-electron chi connectivity index (χ4n) is 9.06. The summed E-state index contributed by atoms with van der Waals surface area (Å²) < 4.78 is 14.6. The predicted molar refractivity (Wildman–Crippen MR) is 221 cm³/mol. The van der Waals surface area contributed by atoms with Crippen molar-refractivity contribution >= 4 is 40.9 Å². The summed E-state index contributed by atoms with van der Waals surface area (Å²) in [7, 11) is 4.25. The van der Waals surface area contributed by atoms with Gasteiger partial charge < -0.3 is 20.0 Å². The Balaban J connectivity index is 0.795. The molecule has 1 unspecified atom stereocenters. The number of amides is 5. The molecule has 58 heavy (non-hydrogen) atoms. The number of unbranched alkanes of at least 4 members (excludes halogenated alkanes) is 4. The number of benzene rings is 3. The normalized spacial score (nSPS) is 21.3. The van der Waals surface area contributed by atoms with Crippen LogP contribution in [-0.4, -0.2) is 121 Å². The Morgan fingerprint density at radius 3 is 2.31 bits per heavy atom. The molecule has 0 radical (unpaired) electrons. The van der Waals surface area contributed by atoms with E-state index in [4.69, 9.17) is 0 Å². The molecule has 3 saturated heterocycles. The summed E-state index contributed by atoms with van der Waals surface area (Å²) >= 11 is 0. The smallest absolute Gasteiger partial charge is 0.264 e. The average Bonchev–Trinajstić information content (AvgIpc) is 3.76. The van der Waals surface area contributed by atoms with Crippen LogP contribution in [0, 0.1) is 12.7 Å². The fraction of sp³-hybridized carbons (Fsp3) is 0.489. The minimum Gasteiger partial charge on any atom is -0.384 e. The van der Waals surface area contributed by atoms with Crippen molar-refractivity contribution in [1.82, 2.24) is 24.9 Å². The molecule has 13 heteroatoms. The predicted octanol–water partition coefficient (Wildman–Crippen LogP) is 5.17. The molecule has 308 valence electrons. The molecular weight excluding hydrogens is 738 g/mol. The van der Waals surface area contributed by atoms with E-state index in [1.54, 1.807) is 30.3 Å². The van der Waals surface area contributed by atoms with Crippen molar-refractivity contribution in [2.75, 3.05) is 70.1 Å². The van der Waals surface area contributed by atoms with Gasteiger partial charge in [0.05, 0.1) is 11.1 Å². The van der Waals surface area contributed by atoms with Gasteiger partial charge in [0.15, 0.2) is 0 Å². The van der Waals surface area contributed by atoms with Crippen LogP contribution in [0.25, 0.3) is 0 Å². The van der Waals surface area contributed by atoms with Crippen LogP contribution in [0.15, 0.2) is 60.7 Å². The molecule has 5 amide bonds. The second-order valence-electron chi connectivity index (χ2n) is 16.4. The fourth-order valence-corrected chi connectivity index (χ4v) is 9.06. The highest BCUT2D eigenvalue weighted by Gasteiger charge is 2.45. The molecule has 3 atom stereocenters. The van der Waals surface area contributed by atoms with Gasteiger partial charge >= 0.3 is 0 Å². The van der Waals surface area contributed by atoms with Crippen molar-refractivity contribution in [2.45, 2.75) is 82.8 Å². The molecule has 4 aliphatic rings. The van der Waals surface area contributed by atoms with Crippen LogP contribution in [0.5, 0.6) is 0 Å². The SMILES string of the molecule is Cc1cccc(F)c1CN1C[C@H](c2ccc(N3CCN(C(=O)CCCCCCCNc4cccc5c4C(=O)N(C4CCC(=O)NC4=O)C5=O)CC3)cc2)[C@@H](N(C)C)C1. The van der Waals surface area contributed by atoms with E-state index in [1.165, 1.54) is 11.3 Å². The lowest BCUT2D eigenvalue weighted by Gasteiger charge is -2.36. The van der Waals surface area contributed by atoms with E-state index in [2.05, 4.69) is 63.7 Å².